The summed E-state index contributed by atoms with van der Waals surface area (Å²) >= 11 is 0. The van der Waals surface area contributed by atoms with Crippen molar-refractivity contribution in [3.05, 3.63) is 58.7 Å². The fraction of sp³-hybridized carbons (Fsp3) is 0.391. The average Bonchev–Trinajstić information content (AvgIpc) is 2.69. The van der Waals surface area contributed by atoms with Gasteiger partial charge in [0.2, 0.25) is 0 Å². The molecule has 5 nitrogen and oxygen atoms in total. The van der Waals surface area contributed by atoms with E-state index in [1.54, 1.807) is 24.3 Å². The van der Waals surface area contributed by atoms with Crippen LogP contribution in [0.25, 0.3) is 0 Å². The molecule has 1 aliphatic heterocycles. The molecule has 0 bridgehead atoms. The number of carbonyl (C=O) groups excluding carboxylic acids is 2. The number of ether oxygens (including phenoxy) is 3. The number of hydrogen-bond donors (Lipinski definition) is 0. The standard InChI is InChI=1S/C23H26O5/c1-5-11-26-21(24)15-7-9-17-19(13-15)28-20-14-16(22(25)27-12-6-2)8-10-18(20)23(17,3)4/h7-10,13-14H,5-6,11-12H2,1-4H3. The first kappa shape index (κ1) is 19.9. The van der Waals surface area contributed by atoms with Crippen LogP contribution in [0.4, 0.5) is 0 Å². The van der Waals surface area contributed by atoms with Gasteiger partial charge in [0.25, 0.3) is 0 Å². The minimum absolute atomic E-state index is 0.333. The van der Waals surface area contributed by atoms with Crippen LogP contribution in [0.5, 0.6) is 11.5 Å². The van der Waals surface area contributed by atoms with Gasteiger partial charge in [0.15, 0.2) is 0 Å². The van der Waals surface area contributed by atoms with Crippen molar-refractivity contribution >= 4 is 11.9 Å². The number of fused-ring (bicyclic) bond motifs is 2. The van der Waals surface area contributed by atoms with Crippen LogP contribution in [0.3, 0.4) is 0 Å². The Morgan fingerprint density at radius 1 is 0.821 bits per heavy atom. The summed E-state index contributed by atoms with van der Waals surface area (Å²) in [6.07, 6.45) is 1.54. The topological polar surface area (TPSA) is 61.8 Å². The molecule has 0 N–H and O–H groups in total. The van der Waals surface area contributed by atoms with E-state index in [0.29, 0.717) is 35.8 Å². The predicted molar refractivity (Wildman–Crippen MR) is 106 cm³/mol. The maximum absolute atomic E-state index is 12.2. The first-order chi connectivity index (χ1) is 13.4. The van der Waals surface area contributed by atoms with Crippen molar-refractivity contribution in [2.75, 3.05) is 13.2 Å². The zero-order chi connectivity index (χ0) is 20.3. The highest BCUT2D eigenvalue weighted by Gasteiger charge is 2.35. The van der Waals surface area contributed by atoms with Crippen molar-refractivity contribution in [3.8, 4) is 11.5 Å². The second kappa shape index (κ2) is 8.05. The third-order valence-electron chi connectivity index (χ3n) is 4.88. The van der Waals surface area contributed by atoms with E-state index in [0.717, 1.165) is 24.0 Å². The van der Waals surface area contributed by atoms with E-state index in [-0.39, 0.29) is 17.4 Å². The van der Waals surface area contributed by atoms with E-state index >= 15 is 0 Å². The summed E-state index contributed by atoms with van der Waals surface area (Å²) in [5.74, 6) is 0.465. The second-order valence-corrected chi connectivity index (χ2v) is 7.42. The first-order valence-electron chi connectivity index (χ1n) is 9.69. The highest BCUT2D eigenvalue weighted by molar-refractivity contribution is 5.91. The van der Waals surface area contributed by atoms with Gasteiger partial charge in [-0.1, -0.05) is 39.8 Å². The van der Waals surface area contributed by atoms with E-state index < -0.39 is 0 Å². The molecule has 0 spiro atoms. The lowest BCUT2D eigenvalue weighted by molar-refractivity contribution is 0.0496. The minimum atomic E-state index is -0.367. The molecule has 3 rings (SSSR count). The first-order valence-corrected chi connectivity index (χ1v) is 9.69. The van der Waals surface area contributed by atoms with Crippen molar-refractivity contribution in [3.63, 3.8) is 0 Å². The molecule has 0 aliphatic carbocycles. The third kappa shape index (κ3) is 3.75. The molecule has 0 saturated heterocycles. The summed E-state index contributed by atoms with van der Waals surface area (Å²) in [5.41, 5.74) is 2.53. The van der Waals surface area contributed by atoms with Gasteiger partial charge in [0.05, 0.1) is 24.3 Å². The van der Waals surface area contributed by atoms with Crippen molar-refractivity contribution in [2.45, 2.75) is 46.0 Å². The molecule has 148 valence electrons. The molecule has 0 amide bonds. The van der Waals surface area contributed by atoms with E-state index in [9.17, 15) is 9.59 Å². The molecule has 0 unspecified atom stereocenters. The van der Waals surface area contributed by atoms with Gasteiger partial charge in [-0.25, -0.2) is 9.59 Å². The Morgan fingerprint density at radius 3 is 1.64 bits per heavy atom. The summed E-state index contributed by atoms with van der Waals surface area (Å²) in [6, 6.07) is 10.8. The summed E-state index contributed by atoms with van der Waals surface area (Å²) in [6.45, 7) is 8.86. The smallest absolute Gasteiger partial charge is 0.338 e. The lowest BCUT2D eigenvalue weighted by Gasteiger charge is -2.34. The molecule has 2 aromatic carbocycles. The van der Waals surface area contributed by atoms with Crippen LogP contribution >= 0.6 is 0 Å². The lowest BCUT2D eigenvalue weighted by atomic mass is 9.75. The second-order valence-electron chi connectivity index (χ2n) is 7.42. The molecule has 0 aromatic heterocycles. The molecule has 0 saturated carbocycles. The van der Waals surface area contributed by atoms with Crippen molar-refractivity contribution in [2.24, 2.45) is 0 Å². The Hall–Kier alpha value is -2.82. The number of carbonyl (C=O) groups is 2. The number of rotatable bonds is 6. The molecule has 28 heavy (non-hydrogen) atoms. The quantitative estimate of drug-likeness (QED) is 0.639. The Kier molecular flexibility index (Phi) is 5.73. The predicted octanol–water partition coefficient (Wildman–Crippen LogP) is 5.25. The van der Waals surface area contributed by atoms with E-state index in [1.807, 2.05) is 26.0 Å². The van der Waals surface area contributed by atoms with Gasteiger partial charge in [-0.2, -0.15) is 0 Å². The van der Waals surface area contributed by atoms with Gasteiger partial charge >= 0.3 is 11.9 Å². The van der Waals surface area contributed by atoms with Crippen LogP contribution < -0.4 is 4.74 Å². The maximum atomic E-state index is 12.2. The van der Waals surface area contributed by atoms with Crippen LogP contribution in [0.15, 0.2) is 36.4 Å². The zero-order valence-corrected chi connectivity index (χ0v) is 16.8. The van der Waals surface area contributed by atoms with Gasteiger partial charge in [0, 0.05) is 16.5 Å². The molecule has 0 fully saturated rings. The SMILES string of the molecule is CCCOC(=O)c1ccc2c(c1)Oc1cc(C(=O)OCCC)ccc1C2(C)C. The molecule has 1 heterocycles. The van der Waals surface area contributed by atoms with Crippen LogP contribution in [0, 0.1) is 0 Å². The molecule has 0 atom stereocenters. The minimum Gasteiger partial charge on any atom is -0.462 e. The van der Waals surface area contributed by atoms with Crippen molar-refractivity contribution < 1.29 is 23.8 Å². The van der Waals surface area contributed by atoms with Crippen LogP contribution in [-0.2, 0) is 14.9 Å². The number of esters is 2. The maximum Gasteiger partial charge on any atom is 0.338 e. The molecule has 2 aromatic rings. The average molecular weight is 382 g/mol. The number of hydrogen-bond acceptors (Lipinski definition) is 5. The third-order valence-corrected chi connectivity index (χ3v) is 4.88. The Morgan fingerprint density at radius 2 is 1.25 bits per heavy atom. The summed E-state index contributed by atoms with van der Waals surface area (Å²) in [4.78, 5) is 24.4. The van der Waals surface area contributed by atoms with Crippen molar-refractivity contribution in [1.29, 1.82) is 0 Å². The molecule has 5 heteroatoms. The molecular weight excluding hydrogens is 356 g/mol. The van der Waals surface area contributed by atoms with Crippen molar-refractivity contribution in [1.82, 2.24) is 0 Å². The van der Waals surface area contributed by atoms with Crippen LogP contribution in [0.2, 0.25) is 0 Å². The molecular formula is C23H26O5. The number of benzene rings is 2. The normalized spacial score (nSPS) is 13.7. The van der Waals surface area contributed by atoms with Gasteiger partial charge in [-0.15, -0.1) is 0 Å². The fourth-order valence-electron chi connectivity index (χ4n) is 3.32. The van der Waals surface area contributed by atoms with Crippen LogP contribution in [0.1, 0.15) is 72.4 Å². The highest BCUT2D eigenvalue weighted by atomic mass is 16.5. The van der Waals surface area contributed by atoms with Gasteiger partial charge in [0.1, 0.15) is 11.5 Å². The molecule has 0 radical (unpaired) electrons. The monoisotopic (exact) mass is 382 g/mol. The summed E-state index contributed by atoms with van der Waals surface area (Å²) < 4.78 is 16.5. The Labute approximate surface area is 165 Å². The van der Waals surface area contributed by atoms with Gasteiger partial charge < -0.3 is 14.2 Å². The Balaban J connectivity index is 1.94. The summed E-state index contributed by atoms with van der Waals surface area (Å²) in [7, 11) is 0. The molecule has 1 aliphatic rings. The largest absolute Gasteiger partial charge is 0.462 e. The van der Waals surface area contributed by atoms with E-state index in [1.165, 1.54) is 0 Å². The fourth-order valence-corrected chi connectivity index (χ4v) is 3.32. The van der Waals surface area contributed by atoms with Gasteiger partial charge in [-0.3, -0.25) is 0 Å². The van der Waals surface area contributed by atoms with E-state index in [4.69, 9.17) is 14.2 Å². The van der Waals surface area contributed by atoms with E-state index in [2.05, 4.69) is 13.8 Å². The lowest BCUT2D eigenvalue weighted by Crippen LogP contribution is -2.25. The zero-order valence-electron chi connectivity index (χ0n) is 16.8. The highest BCUT2D eigenvalue weighted by Crippen LogP contribution is 2.48. The summed E-state index contributed by atoms with van der Waals surface area (Å²) in [5, 5.41) is 0. The van der Waals surface area contributed by atoms with Gasteiger partial charge in [-0.05, 0) is 37.1 Å². The van der Waals surface area contributed by atoms with Crippen LogP contribution in [-0.4, -0.2) is 25.2 Å². The Bertz CT molecular complexity index is 826.